The lowest BCUT2D eigenvalue weighted by molar-refractivity contribution is -0.137. The number of ether oxygens (including phenoxy) is 1. The third-order valence-electron chi connectivity index (χ3n) is 2.89. The van der Waals surface area contributed by atoms with Crippen LogP contribution in [0.3, 0.4) is 0 Å². The maximum atomic E-state index is 13.5. The van der Waals surface area contributed by atoms with E-state index in [0.717, 1.165) is 18.2 Å². The van der Waals surface area contributed by atoms with Gasteiger partial charge in [0, 0.05) is 5.56 Å². The molecule has 2 aromatic rings. The standard InChI is InChI=1S/C15H11BrF4O2/c16-14(9-2-1-3-11(6-9)15(18,19)20)22-8-10-7-12(21)4-5-13(10)17/h1-7,14,21H,8H2. The normalized spacial score (nSPS) is 13.1. The Morgan fingerprint density at radius 2 is 1.86 bits per heavy atom. The molecular formula is C15H11BrF4O2. The van der Waals surface area contributed by atoms with Gasteiger partial charge in [0.25, 0.3) is 0 Å². The van der Waals surface area contributed by atoms with Gasteiger partial charge in [0.15, 0.2) is 0 Å². The van der Waals surface area contributed by atoms with Crippen molar-refractivity contribution in [3.05, 3.63) is 65.0 Å². The second-order valence-electron chi connectivity index (χ2n) is 4.53. The van der Waals surface area contributed by atoms with Crippen molar-refractivity contribution in [1.82, 2.24) is 0 Å². The molecule has 0 aliphatic carbocycles. The van der Waals surface area contributed by atoms with Gasteiger partial charge in [-0.05, 0) is 35.9 Å². The Kier molecular flexibility index (Phi) is 5.08. The van der Waals surface area contributed by atoms with Gasteiger partial charge in [0.2, 0.25) is 0 Å². The number of rotatable bonds is 4. The molecule has 0 fully saturated rings. The minimum Gasteiger partial charge on any atom is -0.508 e. The minimum atomic E-state index is -4.44. The third kappa shape index (κ3) is 4.20. The summed E-state index contributed by atoms with van der Waals surface area (Å²) in [5.41, 5.74) is -0.423. The molecule has 0 saturated heterocycles. The zero-order valence-electron chi connectivity index (χ0n) is 11.1. The predicted octanol–water partition coefficient (Wildman–Crippen LogP) is 5.16. The Hall–Kier alpha value is -1.60. The molecule has 0 amide bonds. The van der Waals surface area contributed by atoms with Crippen LogP contribution in [0.2, 0.25) is 0 Å². The van der Waals surface area contributed by atoms with Gasteiger partial charge in [-0.25, -0.2) is 4.39 Å². The van der Waals surface area contributed by atoms with E-state index in [1.807, 2.05) is 0 Å². The Balaban J connectivity index is 2.09. The summed E-state index contributed by atoms with van der Waals surface area (Å²) in [5, 5.41) is 8.45. The first-order valence-electron chi connectivity index (χ1n) is 6.17. The molecule has 0 aliphatic rings. The molecule has 1 unspecified atom stereocenters. The monoisotopic (exact) mass is 378 g/mol. The van der Waals surface area contributed by atoms with E-state index in [-0.39, 0.29) is 23.5 Å². The van der Waals surface area contributed by atoms with Crippen molar-refractivity contribution in [2.75, 3.05) is 0 Å². The van der Waals surface area contributed by atoms with E-state index >= 15 is 0 Å². The number of alkyl halides is 4. The number of halogens is 5. The summed E-state index contributed by atoms with van der Waals surface area (Å²) in [6.45, 7) is -0.202. The lowest BCUT2D eigenvalue weighted by Crippen LogP contribution is -2.06. The third-order valence-corrected chi connectivity index (χ3v) is 3.68. The molecular weight excluding hydrogens is 368 g/mol. The summed E-state index contributed by atoms with van der Waals surface area (Å²) in [7, 11) is 0. The molecule has 7 heteroatoms. The summed E-state index contributed by atoms with van der Waals surface area (Å²) in [6, 6.07) is 8.12. The summed E-state index contributed by atoms with van der Waals surface area (Å²) < 4.78 is 56.7. The van der Waals surface area contributed by atoms with Crippen molar-refractivity contribution in [2.24, 2.45) is 0 Å². The van der Waals surface area contributed by atoms with Crippen LogP contribution >= 0.6 is 15.9 Å². The van der Waals surface area contributed by atoms with E-state index in [0.29, 0.717) is 0 Å². The number of phenolic OH excluding ortho intramolecular Hbond substituents is 1. The first-order chi connectivity index (χ1) is 10.3. The number of hydrogen-bond donors (Lipinski definition) is 1. The van der Waals surface area contributed by atoms with Crippen molar-refractivity contribution >= 4 is 15.9 Å². The SMILES string of the molecule is Oc1ccc(F)c(COC(Br)c2cccc(C(F)(F)F)c2)c1. The number of phenols is 1. The minimum absolute atomic E-state index is 0.108. The second kappa shape index (κ2) is 6.66. The molecule has 2 rings (SSSR count). The molecule has 0 aliphatic heterocycles. The van der Waals surface area contributed by atoms with Gasteiger partial charge in [-0.3, -0.25) is 0 Å². The molecule has 0 radical (unpaired) electrons. The lowest BCUT2D eigenvalue weighted by atomic mass is 10.1. The smallest absolute Gasteiger partial charge is 0.416 e. The highest BCUT2D eigenvalue weighted by Gasteiger charge is 2.30. The Labute approximate surface area is 132 Å². The van der Waals surface area contributed by atoms with E-state index in [9.17, 15) is 22.7 Å². The summed E-state index contributed by atoms with van der Waals surface area (Å²) >= 11 is 3.11. The van der Waals surface area contributed by atoms with Gasteiger partial charge in [0.05, 0.1) is 12.2 Å². The Morgan fingerprint density at radius 1 is 1.14 bits per heavy atom. The zero-order valence-corrected chi connectivity index (χ0v) is 12.7. The quantitative estimate of drug-likeness (QED) is 0.588. The van der Waals surface area contributed by atoms with Crippen LogP contribution in [-0.4, -0.2) is 5.11 Å². The van der Waals surface area contributed by atoms with Crippen molar-refractivity contribution < 1.29 is 27.4 Å². The van der Waals surface area contributed by atoms with Crippen LogP contribution in [-0.2, 0) is 17.5 Å². The van der Waals surface area contributed by atoms with Crippen LogP contribution in [0.4, 0.5) is 17.6 Å². The van der Waals surface area contributed by atoms with Gasteiger partial charge in [-0.1, -0.05) is 28.1 Å². The fraction of sp³-hybridized carbons (Fsp3) is 0.200. The molecule has 22 heavy (non-hydrogen) atoms. The molecule has 2 nitrogen and oxygen atoms in total. The van der Waals surface area contributed by atoms with E-state index < -0.39 is 22.6 Å². The van der Waals surface area contributed by atoms with Crippen molar-refractivity contribution in [1.29, 1.82) is 0 Å². The van der Waals surface area contributed by atoms with Gasteiger partial charge < -0.3 is 9.84 Å². The van der Waals surface area contributed by atoms with Crippen LogP contribution < -0.4 is 0 Å². The molecule has 1 atom stereocenters. The largest absolute Gasteiger partial charge is 0.508 e. The van der Waals surface area contributed by atoms with Crippen LogP contribution in [0.1, 0.15) is 21.7 Å². The number of hydrogen-bond acceptors (Lipinski definition) is 2. The molecule has 0 aromatic heterocycles. The predicted molar refractivity (Wildman–Crippen MR) is 76.0 cm³/mol. The van der Waals surface area contributed by atoms with Crippen molar-refractivity contribution in [2.45, 2.75) is 17.8 Å². The average Bonchev–Trinajstić information content (AvgIpc) is 2.47. The van der Waals surface area contributed by atoms with Gasteiger partial charge in [-0.15, -0.1) is 0 Å². The van der Waals surface area contributed by atoms with Crippen molar-refractivity contribution in [3.63, 3.8) is 0 Å². The fourth-order valence-electron chi connectivity index (χ4n) is 1.79. The van der Waals surface area contributed by atoms with Crippen LogP contribution in [0.5, 0.6) is 5.75 Å². The highest BCUT2D eigenvalue weighted by molar-refractivity contribution is 9.09. The second-order valence-corrected chi connectivity index (χ2v) is 5.36. The van der Waals surface area contributed by atoms with Crippen LogP contribution in [0, 0.1) is 5.82 Å². The molecule has 0 heterocycles. The highest BCUT2D eigenvalue weighted by atomic mass is 79.9. The maximum absolute atomic E-state index is 13.5. The van der Waals surface area contributed by atoms with E-state index in [4.69, 9.17) is 4.74 Å². The summed E-state index contributed by atoms with van der Waals surface area (Å²) in [6.07, 6.45) is -4.44. The van der Waals surface area contributed by atoms with Gasteiger partial charge in [0.1, 0.15) is 16.6 Å². The Morgan fingerprint density at radius 3 is 2.55 bits per heavy atom. The fourth-order valence-corrected chi connectivity index (χ4v) is 2.20. The zero-order chi connectivity index (χ0) is 16.3. The van der Waals surface area contributed by atoms with Crippen LogP contribution in [0.25, 0.3) is 0 Å². The highest BCUT2D eigenvalue weighted by Crippen LogP contribution is 2.33. The first kappa shape index (κ1) is 16.8. The average molecular weight is 379 g/mol. The molecule has 2 aromatic carbocycles. The molecule has 118 valence electrons. The van der Waals surface area contributed by atoms with Crippen molar-refractivity contribution in [3.8, 4) is 5.75 Å². The number of benzene rings is 2. The number of aromatic hydroxyl groups is 1. The maximum Gasteiger partial charge on any atom is 0.416 e. The van der Waals surface area contributed by atoms with Crippen LogP contribution in [0.15, 0.2) is 42.5 Å². The molecule has 0 spiro atoms. The van der Waals surface area contributed by atoms with Gasteiger partial charge in [-0.2, -0.15) is 13.2 Å². The van der Waals surface area contributed by atoms with Gasteiger partial charge >= 0.3 is 6.18 Å². The molecule has 1 N–H and O–H groups in total. The topological polar surface area (TPSA) is 29.5 Å². The van der Waals surface area contributed by atoms with E-state index in [2.05, 4.69) is 15.9 Å². The summed E-state index contributed by atoms with van der Waals surface area (Å²) in [4.78, 5) is 0. The van der Waals surface area contributed by atoms with E-state index in [1.54, 1.807) is 0 Å². The Bertz CT molecular complexity index is 658. The summed E-state index contributed by atoms with van der Waals surface area (Å²) in [5.74, 6) is -0.688. The van der Waals surface area contributed by atoms with E-state index in [1.165, 1.54) is 24.3 Å². The lowest BCUT2D eigenvalue weighted by Gasteiger charge is -2.14. The molecule has 0 bridgehead atoms. The molecule has 0 saturated carbocycles. The first-order valence-corrected chi connectivity index (χ1v) is 7.09.